The summed E-state index contributed by atoms with van der Waals surface area (Å²) in [5.74, 6) is -0.000217. The normalized spacial score (nSPS) is 11.0. The average Bonchev–Trinajstić information content (AvgIpc) is 2.59. The SMILES string of the molecule is COc1ccc(C)cc1NC(=O)CC(C)=NNC(=O)c1cccc(Br)c1. The van der Waals surface area contributed by atoms with Gasteiger partial charge in [0.1, 0.15) is 5.75 Å². The van der Waals surface area contributed by atoms with Gasteiger partial charge in [0.15, 0.2) is 0 Å². The third-order valence-electron chi connectivity index (χ3n) is 3.48. The lowest BCUT2D eigenvalue weighted by Crippen LogP contribution is -2.21. The summed E-state index contributed by atoms with van der Waals surface area (Å²) in [6.45, 7) is 3.60. The zero-order valence-electron chi connectivity index (χ0n) is 14.8. The molecule has 2 amide bonds. The van der Waals surface area contributed by atoms with E-state index in [0.29, 0.717) is 22.7 Å². The third kappa shape index (κ3) is 5.70. The first-order chi connectivity index (χ1) is 12.4. The van der Waals surface area contributed by atoms with Crippen LogP contribution in [0.5, 0.6) is 5.75 Å². The van der Waals surface area contributed by atoms with Crippen molar-refractivity contribution in [3.05, 3.63) is 58.1 Å². The van der Waals surface area contributed by atoms with Crippen molar-refractivity contribution in [1.29, 1.82) is 0 Å². The lowest BCUT2D eigenvalue weighted by Gasteiger charge is -2.11. The number of ether oxygens (including phenoxy) is 1. The molecule has 0 atom stereocenters. The predicted octanol–water partition coefficient (Wildman–Crippen LogP) is 3.90. The Labute approximate surface area is 160 Å². The van der Waals surface area contributed by atoms with Crippen LogP contribution in [0.4, 0.5) is 5.69 Å². The van der Waals surface area contributed by atoms with Crippen molar-refractivity contribution in [2.45, 2.75) is 20.3 Å². The molecular weight excluding hydrogens is 398 g/mol. The van der Waals surface area contributed by atoms with Crippen LogP contribution in [-0.2, 0) is 4.79 Å². The summed E-state index contributed by atoms with van der Waals surface area (Å²) in [5, 5.41) is 6.78. The zero-order chi connectivity index (χ0) is 19.1. The molecule has 0 spiro atoms. The maximum Gasteiger partial charge on any atom is 0.271 e. The summed E-state index contributed by atoms with van der Waals surface area (Å²) in [7, 11) is 1.55. The second kappa shape index (κ2) is 9.15. The van der Waals surface area contributed by atoms with Crippen molar-refractivity contribution in [1.82, 2.24) is 5.43 Å². The van der Waals surface area contributed by atoms with E-state index in [1.807, 2.05) is 25.1 Å². The summed E-state index contributed by atoms with van der Waals surface area (Å²) in [6, 6.07) is 12.5. The first-order valence-corrected chi connectivity index (χ1v) is 8.72. The van der Waals surface area contributed by atoms with Gasteiger partial charge < -0.3 is 10.1 Å². The number of nitrogens with one attached hydrogen (secondary N) is 2. The molecule has 0 saturated heterocycles. The topological polar surface area (TPSA) is 79.8 Å². The van der Waals surface area contributed by atoms with E-state index >= 15 is 0 Å². The van der Waals surface area contributed by atoms with Gasteiger partial charge in [0.05, 0.1) is 19.2 Å². The standard InChI is InChI=1S/C19H20BrN3O3/c1-12-7-8-17(26-3)16(9-12)21-18(24)10-13(2)22-23-19(25)14-5-4-6-15(20)11-14/h4-9,11H,10H2,1-3H3,(H,21,24)(H,23,25). The van der Waals surface area contributed by atoms with E-state index in [0.717, 1.165) is 10.0 Å². The minimum Gasteiger partial charge on any atom is -0.495 e. The van der Waals surface area contributed by atoms with E-state index in [-0.39, 0.29) is 18.2 Å². The maximum absolute atomic E-state index is 12.2. The van der Waals surface area contributed by atoms with Crippen molar-refractivity contribution in [2.24, 2.45) is 5.10 Å². The number of carbonyl (C=O) groups is 2. The third-order valence-corrected chi connectivity index (χ3v) is 3.97. The van der Waals surface area contributed by atoms with Gasteiger partial charge in [0.25, 0.3) is 5.91 Å². The molecule has 0 unspecified atom stereocenters. The fourth-order valence-electron chi connectivity index (χ4n) is 2.23. The predicted molar refractivity (Wildman–Crippen MR) is 106 cm³/mol. The highest BCUT2D eigenvalue weighted by Gasteiger charge is 2.10. The van der Waals surface area contributed by atoms with Crippen LogP contribution >= 0.6 is 15.9 Å². The number of nitrogens with zero attached hydrogens (tertiary/aromatic N) is 1. The molecule has 26 heavy (non-hydrogen) atoms. The number of halogens is 1. The molecule has 0 bridgehead atoms. The van der Waals surface area contributed by atoms with Gasteiger partial charge in [-0.25, -0.2) is 5.43 Å². The van der Waals surface area contributed by atoms with E-state index in [1.54, 1.807) is 38.3 Å². The molecule has 2 aromatic carbocycles. The summed E-state index contributed by atoms with van der Waals surface area (Å²) < 4.78 is 6.04. The largest absolute Gasteiger partial charge is 0.495 e. The molecule has 7 heteroatoms. The van der Waals surface area contributed by atoms with Crippen LogP contribution in [0.2, 0.25) is 0 Å². The van der Waals surface area contributed by atoms with Crippen molar-refractivity contribution < 1.29 is 14.3 Å². The number of methoxy groups -OCH3 is 1. The number of anilines is 1. The Hall–Kier alpha value is -2.67. The number of hydrogen-bond acceptors (Lipinski definition) is 4. The number of rotatable bonds is 6. The lowest BCUT2D eigenvalue weighted by atomic mass is 10.2. The van der Waals surface area contributed by atoms with E-state index in [4.69, 9.17) is 4.74 Å². The molecule has 2 rings (SSSR count). The van der Waals surface area contributed by atoms with Crippen LogP contribution < -0.4 is 15.5 Å². The van der Waals surface area contributed by atoms with E-state index in [9.17, 15) is 9.59 Å². The molecule has 2 aromatic rings. The van der Waals surface area contributed by atoms with Gasteiger partial charge in [0, 0.05) is 15.7 Å². The Kier molecular flexibility index (Phi) is 6.91. The summed E-state index contributed by atoms with van der Waals surface area (Å²) >= 11 is 3.31. The zero-order valence-corrected chi connectivity index (χ0v) is 16.4. The van der Waals surface area contributed by atoms with Crippen LogP contribution in [-0.4, -0.2) is 24.6 Å². The Balaban J connectivity index is 1.95. The summed E-state index contributed by atoms with van der Waals surface area (Å²) in [5.41, 5.74) is 5.02. The number of aryl methyl sites for hydroxylation is 1. The summed E-state index contributed by atoms with van der Waals surface area (Å²) in [6.07, 6.45) is 0.0514. The molecule has 2 N–H and O–H groups in total. The van der Waals surface area contributed by atoms with E-state index < -0.39 is 0 Å². The van der Waals surface area contributed by atoms with Crippen LogP contribution in [0.15, 0.2) is 52.0 Å². The summed E-state index contributed by atoms with van der Waals surface area (Å²) in [4.78, 5) is 24.2. The van der Waals surface area contributed by atoms with Crippen LogP contribution in [0.25, 0.3) is 0 Å². The fourth-order valence-corrected chi connectivity index (χ4v) is 2.63. The minimum atomic E-state index is -0.341. The van der Waals surface area contributed by atoms with E-state index in [2.05, 4.69) is 31.8 Å². The second-order valence-corrected chi connectivity index (χ2v) is 6.64. The number of hydrazone groups is 1. The van der Waals surface area contributed by atoms with Gasteiger partial charge in [-0.1, -0.05) is 28.1 Å². The Morgan fingerprint density at radius 1 is 1.19 bits per heavy atom. The fraction of sp³-hybridized carbons (Fsp3) is 0.211. The van der Waals surface area contributed by atoms with Crippen LogP contribution in [0.1, 0.15) is 29.3 Å². The van der Waals surface area contributed by atoms with Gasteiger partial charge in [-0.3, -0.25) is 9.59 Å². The Morgan fingerprint density at radius 2 is 1.96 bits per heavy atom. The highest BCUT2D eigenvalue weighted by atomic mass is 79.9. The number of carbonyl (C=O) groups excluding carboxylic acids is 2. The molecule has 0 aliphatic rings. The van der Waals surface area contributed by atoms with Gasteiger partial charge >= 0.3 is 0 Å². The first-order valence-electron chi connectivity index (χ1n) is 7.92. The highest BCUT2D eigenvalue weighted by molar-refractivity contribution is 9.10. The maximum atomic E-state index is 12.2. The molecule has 0 heterocycles. The highest BCUT2D eigenvalue weighted by Crippen LogP contribution is 2.25. The lowest BCUT2D eigenvalue weighted by molar-refractivity contribution is -0.115. The molecule has 136 valence electrons. The first kappa shape index (κ1) is 19.7. The number of amides is 2. The minimum absolute atomic E-state index is 0.0514. The van der Waals surface area contributed by atoms with Crippen molar-refractivity contribution in [2.75, 3.05) is 12.4 Å². The van der Waals surface area contributed by atoms with Crippen LogP contribution in [0.3, 0.4) is 0 Å². The molecule has 0 aliphatic heterocycles. The smallest absolute Gasteiger partial charge is 0.271 e. The molecular formula is C19H20BrN3O3. The number of benzene rings is 2. The second-order valence-electron chi connectivity index (χ2n) is 5.73. The number of hydrogen-bond donors (Lipinski definition) is 2. The Morgan fingerprint density at radius 3 is 2.65 bits per heavy atom. The molecule has 0 radical (unpaired) electrons. The molecule has 0 fully saturated rings. The molecule has 0 aliphatic carbocycles. The van der Waals surface area contributed by atoms with Gasteiger partial charge in [-0.2, -0.15) is 5.10 Å². The molecule has 6 nitrogen and oxygen atoms in total. The van der Waals surface area contributed by atoms with Crippen molar-refractivity contribution in [3.63, 3.8) is 0 Å². The average molecular weight is 418 g/mol. The van der Waals surface area contributed by atoms with Gasteiger partial charge in [-0.15, -0.1) is 0 Å². The van der Waals surface area contributed by atoms with Crippen LogP contribution in [0, 0.1) is 6.92 Å². The monoisotopic (exact) mass is 417 g/mol. The molecule has 0 aromatic heterocycles. The van der Waals surface area contributed by atoms with Crippen molar-refractivity contribution in [3.8, 4) is 5.75 Å². The molecule has 0 saturated carbocycles. The van der Waals surface area contributed by atoms with E-state index in [1.165, 1.54) is 0 Å². The van der Waals surface area contributed by atoms with Crippen molar-refractivity contribution >= 4 is 39.1 Å². The van der Waals surface area contributed by atoms with Gasteiger partial charge in [0.2, 0.25) is 5.91 Å². The van der Waals surface area contributed by atoms with Gasteiger partial charge in [-0.05, 0) is 49.7 Å². The quantitative estimate of drug-likeness (QED) is 0.552. The Bertz CT molecular complexity index is 850.